The molecule has 1 amide bonds. The highest BCUT2D eigenvalue weighted by Crippen LogP contribution is 2.27. The van der Waals surface area contributed by atoms with Crippen LogP contribution in [0.3, 0.4) is 0 Å². The first kappa shape index (κ1) is 16.6. The Balaban J connectivity index is 1.64. The number of ether oxygens (including phenoxy) is 2. The largest absolute Gasteiger partial charge is 0.493 e. The molecular formula is C19H19N3O3. The molecule has 128 valence electrons. The lowest BCUT2D eigenvalue weighted by Crippen LogP contribution is -2.22. The van der Waals surface area contributed by atoms with Crippen molar-refractivity contribution >= 4 is 5.91 Å². The van der Waals surface area contributed by atoms with Gasteiger partial charge in [-0.05, 0) is 35.9 Å². The molecule has 0 spiro atoms. The zero-order valence-electron chi connectivity index (χ0n) is 14.1. The molecule has 3 aromatic rings. The van der Waals surface area contributed by atoms with Gasteiger partial charge in [-0.25, -0.2) is 4.98 Å². The molecular weight excluding hydrogens is 318 g/mol. The van der Waals surface area contributed by atoms with E-state index >= 15 is 0 Å². The van der Waals surface area contributed by atoms with Crippen molar-refractivity contribution in [3.63, 3.8) is 0 Å². The van der Waals surface area contributed by atoms with Crippen LogP contribution in [0.2, 0.25) is 0 Å². The number of benzene rings is 2. The van der Waals surface area contributed by atoms with Crippen LogP contribution in [0.4, 0.5) is 0 Å². The van der Waals surface area contributed by atoms with Gasteiger partial charge in [-0.3, -0.25) is 4.79 Å². The molecule has 1 N–H and O–H groups in total. The molecule has 0 aliphatic carbocycles. The number of nitrogens with zero attached hydrogens (tertiary/aromatic N) is 2. The first-order chi connectivity index (χ1) is 12.2. The third kappa shape index (κ3) is 3.80. The smallest absolute Gasteiger partial charge is 0.251 e. The van der Waals surface area contributed by atoms with Crippen molar-refractivity contribution in [2.45, 2.75) is 6.54 Å². The molecule has 0 radical (unpaired) electrons. The Morgan fingerprint density at radius 1 is 1.08 bits per heavy atom. The molecule has 1 aromatic heterocycles. The maximum absolute atomic E-state index is 12.3. The summed E-state index contributed by atoms with van der Waals surface area (Å²) < 4.78 is 12.3. The van der Waals surface area contributed by atoms with Crippen LogP contribution in [0.1, 0.15) is 15.9 Å². The Morgan fingerprint density at radius 2 is 1.84 bits per heavy atom. The topological polar surface area (TPSA) is 65.4 Å². The Labute approximate surface area is 146 Å². The van der Waals surface area contributed by atoms with E-state index in [2.05, 4.69) is 10.3 Å². The first-order valence-electron chi connectivity index (χ1n) is 7.79. The number of rotatable bonds is 6. The standard InChI is InChI=1S/C19H19N3O3/c1-24-17-8-5-15(11-18(17)25-2)19(23)21-12-14-3-6-16(7-4-14)22-10-9-20-13-22/h3-11,13H,12H2,1-2H3,(H,21,23). The van der Waals surface area contributed by atoms with E-state index in [1.807, 2.05) is 35.0 Å². The average molecular weight is 337 g/mol. The lowest BCUT2D eigenvalue weighted by atomic mass is 10.1. The second-order valence-corrected chi connectivity index (χ2v) is 5.39. The summed E-state index contributed by atoms with van der Waals surface area (Å²) >= 11 is 0. The fourth-order valence-corrected chi connectivity index (χ4v) is 2.46. The maximum Gasteiger partial charge on any atom is 0.251 e. The van der Waals surface area contributed by atoms with Gasteiger partial charge in [0.1, 0.15) is 0 Å². The molecule has 0 fully saturated rings. The maximum atomic E-state index is 12.3. The summed E-state index contributed by atoms with van der Waals surface area (Å²) in [5.74, 6) is 0.952. The summed E-state index contributed by atoms with van der Waals surface area (Å²) in [7, 11) is 3.10. The highest BCUT2D eigenvalue weighted by molar-refractivity contribution is 5.94. The van der Waals surface area contributed by atoms with Gasteiger partial charge in [-0.2, -0.15) is 0 Å². The lowest BCUT2D eigenvalue weighted by Gasteiger charge is -2.10. The second kappa shape index (κ2) is 7.53. The molecule has 6 heteroatoms. The van der Waals surface area contributed by atoms with Crippen molar-refractivity contribution < 1.29 is 14.3 Å². The zero-order chi connectivity index (χ0) is 17.6. The molecule has 0 bridgehead atoms. The van der Waals surface area contributed by atoms with E-state index in [9.17, 15) is 4.79 Å². The van der Waals surface area contributed by atoms with Gasteiger partial charge in [0, 0.05) is 30.2 Å². The quantitative estimate of drug-likeness (QED) is 0.751. The Morgan fingerprint density at radius 3 is 2.48 bits per heavy atom. The molecule has 3 rings (SSSR count). The monoisotopic (exact) mass is 337 g/mol. The number of imidazole rings is 1. The normalized spacial score (nSPS) is 10.3. The van der Waals surface area contributed by atoms with Gasteiger partial charge in [0.25, 0.3) is 5.91 Å². The van der Waals surface area contributed by atoms with E-state index in [4.69, 9.17) is 9.47 Å². The summed E-state index contributed by atoms with van der Waals surface area (Å²) in [5, 5.41) is 2.90. The van der Waals surface area contributed by atoms with Crippen molar-refractivity contribution in [1.29, 1.82) is 0 Å². The fourth-order valence-electron chi connectivity index (χ4n) is 2.46. The van der Waals surface area contributed by atoms with Crippen molar-refractivity contribution in [3.8, 4) is 17.2 Å². The summed E-state index contributed by atoms with van der Waals surface area (Å²) in [6.07, 6.45) is 5.36. The van der Waals surface area contributed by atoms with Gasteiger partial charge in [0.05, 0.1) is 20.5 Å². The van der Waals surface area contributed by atoms with Crippen molar-refractivity contribution in [2.75, 3.05) is 14.2 Å². The van der Waals surface area contributed by atoms with Crippen LogP contribution in [-0.4, -0.2) is 29.7 Å². The van der Waals surface area contributed by atoms with Gasteiger partial charge in [0.15, 0.2) is 11.5 Å². The predicted molar refractivity (Wildman–Crippen MR) is 94.3 cm³/mol. The molecule has 0 unspecified atom stereocenters. The molecule has 0 aliphatic heterocycles. The fraction of sp³-hybridized carbons (Fsp3) is 0.158. The minimum Gasteiger partial charge on any atom is -0.493 e. The van der Waals surface area contributed by atoms with E-state index in [0.717, 1.165) is 11.3 Å². The van der Waals surface area contributed by atoms with Crippen LogP contribution in [-0.2, 0) is 6.54 Å². The lowest BCUT2D eigenvalue weighted by molar-refractivity contribution is 0.0950. The molecule has 0 atom stereocenters. The van der Waals surface area contributed by atoms with Crippen LogP contribution in [0.5, 0.6) is 11.5 Å². The van der Waals surface area contributed by atoms with E-state index in [0.29, 0.717) is 23.6 Å². The minimum atomic E-state index is -0.167. The molecule has 1 heterocycles. The number of amides is 1. The SMILES string of the molecule is COc1ccc(C(=O)NCc2ccc(-n3ccnc3)cc2)cc1OC. The van der Waals surface area contributed by atoms with Gasteiger partial charge in [-0.1, -0.05) is 12.1 Å². The molecule has 0 saturated heterocycles. The summed E-state index contributed by atoms with van der Waals surface area (Å²) in [5.41, 5.74) is 2.55. The number of methoxy groups -OCH3 is 2. The number of carbonyl (C=O) groups is 1. The van der Waals surface area contributed by atoms with Crippen molar-refractivity contribution in [1.82, 2.24) is 14.9 Å². The highest BCUT2D eigenvalue weighted by Gasteiger charge is 2.10. The van der Waals surface area contributed by atoms with Crippen LogP contribution >= 0.6 is 0 Å². The third-order valence-electron chi connectivity index (χ3n) is 3.84. The van der Waals surface area contributed by atoms with Crippen LogP contribution in [0.15, 0.2) is 61.2 Å². The molecule has 6 nitrogen and oxygen atoms in total. The second-order valence-electron chi connectivity index (χ2n) is 5.39. The van der Waals surface area contributed by atoms with Gasteiger partial charge in [0.2, 0.25) is 0 Å². The van der Waals surface area contributed by atoms with E-state index in [-0.39, 0.29) is 5.91 Å². The summed E-state index contributed by atoms with van der Waals surface area (Å²) in [6, 6.07) is 13.0. The number of hydrogen-bond acceptors (Lipinski definition) is 4. The predicted octanol–water partition coefficient (Wildman–Crippen LogP) is 2.82. The van der Waals surface area contributed by atoms with Crippen LogP contribution in [0, 0.1) is 0 Å². The summed E-state index contributed by atoms with van der Waals surface area (Å²) in [6.45, 7) is 0.442. The summed E-state index contributed by atoms with van der Waals surface area (Å²) in [4.78, 5) is 16.3. The number of hydrogen-bond donors (Lipinski definition) is 1. The van der Waals surface area contributed by atoms with Crippen LogP contribution in [0.25, 0.3) is 5.69 Å². The zero-order valence-corrected chi connectivity index (χ0v) is 14.1. The van der Waals surface area contributed by atoms with Gasteiger partial charge >= 0.3 is 0 Å². The van der Waals surface area contributed by atoms with Crippen molar-refractivity contribution in [2.24, 2.45) is 0 Å². The minimum absolute atomic E-state index is 0.167. The Hall–Kier alpha value is -3.28. The molecule has 0 saturated carbocycles. The van der Waals surface area contributed by atoms with E-state index in [1.165, 1.54) is 0 Å². The molecule has 2 aromatic carbocycles. The highest BCUT2D eigenvalue weighted by atomic mass is 16.5. The molecule has 0 aliphatic rings. The average Bonchev–Trinajstić information content (AvgIpc) is 3.20. The number of aromatic nitrogens is 2. The Kier molecular flexibility index (Phi) is 4.99. The number of nitrogens with one attached hydrogen (secondary N) is 1. The number of carbonyl (C=O) groups excluding carboxylic acids is 1. The third-order valence-corrected chi connectivity index (χ3v) is 3.84. The Bertz CT molecular complexity index is 843. The van der Waals surface area contributed by atoms with Crippen molar-refractivity contribution in [3.05, 3.63) is 72.3 Å². The van der Waals surface area contributed by atoms with E-state index < -0.39 is 0 Å². The van der Waals surface area contributed by atoms with E-state index in [1.54, 1.807) is 44.9 Å². The van der Waals surface area contributed by atoms with Gasteiger partial charge in [-0.15, -0.1) is 0 Å². The van der Waals surface area contributed by atoms with Crippen LogP contribution < -0.4 is 14.8 Å². The van der Waals surface area contributed by atoms with Gasteiger partial charge < -0.3 is 19.4 Å². The molecule has 25 heavy (non-hydrogen) atoms. The first-order valence-corrected chi connectivity index (χ1v) is 7.79.